The smallest absolute Gasteiger partial charge is 0.376 e. The highest BCUT2D eigenvalue weighted by Gasteiger charge is 2.33. The zero-order valence-corrected chi connectivity index (χ0v) is 11.6. The van der Waals surface area contributed by atoms with Crippen molar-refractivity contribution in [2.45, 2.75) is 25.8 Å². The molecule has 1 unspecified atom stereocenters. The molecule has 0 radical (unpaired) electrons. The van der Waals surface area contributed by atoms with Gasteiger partial charge in [-0.1, -0.05) is 0 Å². The van der Waals surface area contributed by atoms with Crippen LogP contribution in [0.2, 0.25) is 0 Å². The molecule has 1 aromatic heterocycles. The average molecular weight is 264 g/mol. The van der Waals surface area contributed by atoms with E-state index in [0.29, 0.717) is 12.5 Å². The summed E-state index contributed by atoms with van der Waals surface area (Å²) in [6.45, 7) is 2.41. The molecule has 0 aromatic carbocycles. The third kappa shape index (κ3) is 3.01. The van der Waals surface area contributed by atoms with Crippen molar-refractivity contribution in [2.24, 2.45) is 11.7 Å². The Hall–Kier alpha value is -1.69. The number of likely N-dealkylation sites (N-methyl/N-ethyl adjacent to an activating group) is 1. The number of methoxy groups -OCH3 is 1. The minimum absolute atomic E-state index is 0.0934. The molecule has 0 aliphatic heterocycles. The fraction of sp³-hybridized carbons (Fsp3) is 0.615. The highest BCUT2D eigenvalue weighted by Crippen LogP contribution is 2.35. The van der Waals surface area contributed by atoms with E-state index in [0.717, 1.165) is 11.5 Å². The van der Waals surface area contributed by atoms with Gasteiger partial charge in [-0.25, -0.2) is 14.8 Å². The molecular weight excluding hydrogens is 244 g/mol. The van der Waals surface area contributed by atoms with Gasteiger partial charge >= 0.3 is 5.97 Å². The fourth-order valence-electron chi connectivity index (χ4n) is 2.23. The molecule has 1 heterocycles. The highest BCUT2D eigenvalue weighted by molar-refractivity contribution is 5.85. The first kappa shape index (κ1) is 13.7. The molecule has 0 spiro atoms. The summed E-state index contributed by atoms with van der Waals surface area (Å²) >= 11 is 0. The molecule has 6 nitrogen and oxygen atoms in total. The van der Waals surface area contributed by atoms with Gasteiger partial charge < -0.3 is 15.4 Å². The molecule has 1 aliphatic carbocycles. The largest absolute Gasteiger partial charge is 0.463 e. The Morgan fingerprint density at radius 1 is 1.58 bits per heavy atom. The van der Waals surface area contributed by atoms with Gasteiger partial charge in [0, 0.05) is 31.4 Å². The molecule has 6 heteroatoms. The van der Waals surface area contributed by atoms with Gasteiger partial charge in [0.2, 0.25) is 5.82 Å². The van der Waals surface area contributed by atoms with E-state index in [1.165, 1.54) is 20.0 Å². The van der Waals surface area contributed by atoms with Gasteiger partial charge in [-0.05, 0) is 25.7 Å². The predicted octanol–water partition coefficient (Wildman–Crippen LogP) is 0.745. The van der Waals surface area contributed by atoms with Crippen LogP contribution in [0, 0.1) is 12.8 Å². The van der Waals surface area contributed by atoms with Crippen molar-refractivity contribution in [3.05, 3.63) is 17.6 Å². The second-order valence-corrected chi connectivity index (χ2v) is 4.93. The Bertz CT molecular complexity index is 474. The Kier molecular flexibility index (Phi) is 3.99. The van der Waals surface area contributed by atoms with E-state index < -0.39 is 5.97 Å². The molecule has 2 rings (SSSR count). The standard InChI is InChI=1S/C13H20N4O2/c1-8-6-11(16-12(15-8)13(18)19-3)17(2)10(7-14)9-4-5-9/h6,9-10H,4-5,7,14H2,1-3H3. The van der Waals surface area contributed by atoms with Crippen molar-refractivity contribution < 1.29 is 9.53 Å². The number of ether oxygens (including phenoxy) is 1. The number of anilines is 1. The zero-order chi connectivity index (χ0) is 14.0. The molecule has 0 bridgehead atoms. The summed E-state index contributed by atoms with van der Waals surface area (Å²) in [4.78, 5) is 21.9. The van der Waals surface area contributed by atoms with Crippen molar-refractivity contribution in [2.75, 3.05) is 25.6 Å². The van der Waals surface area contributed by atoms with Gasteiger partial charge in [0.1, 0.15) is 5.82 Å². The number of nitrogens with two attached hydrogens (primary N) is 1. The molecule has 1 atom stereocenters. The van der Waals surface area contributed by atoms with E-state index >= 15 is 0 Å². The summed E-state index contributed by atoms with van der Waals surface area (Å²) in [6, 6.07) is 2.12. The molecule has 0 amide bonds. The van der Waals surface area contributed by atoms with Crippen LogP contribution in [0.15, 0.2) is 6.07 Å². The third-order valence-corrected chi connectivity index (χ3v) is 3.48. The number of hydrogen-bond acceptors (Lipinski definition) is 6. The quantitative estimate of drug-likeness (QED) is 0.790. The molecule has 1 aliphatic rings. The summed E-state index contributed by atoms with van der Waals surface area (Å²) in [5.41, 5.74) is 6.58. The Morgan fingerprint density at radius 2 is 2.26 bits per heavy atom. The van der Waals surface area contributed by atoms with Crippen LogP contribution in [0.1, 0.15) is 29.2 Å². The van der Waals surface area contributed by atoms with Crippen molar-refractivity contribution in [1.29, 1.82) is 0 Å². The maximum Gasteiger partial charge on any atom is 0.376 e. The van der Waals surface area contributed by atoms with Crippen LogP contribution < -0.4 is 10.6 Å². The van der Waals surface area contributed by atoms with Gasteiger partial charge in [-0.3, -0.25) is 0 Å². The van der Waals surface area contributed by atoms with Crippen LogP contribution in [-0.2, 0) is 4.74 Å². The number of nitrogens with zero attached hydrogens (tertiary/aromatic N) is 3. The van der Waals surface area contributed by atoms with Crippen LogP contribution in [0.5, 0.6) is 0 Å². The summed E-state index contributed by atoms with van der Waals surface area (Å²) < 4.78 is 4.67. The number of aryl methyl sites for hydroxylation is 1. The monoisotopic (exact) mass is 264 g/mol. The normalized spacial score (nSPS) is 16.0. The van der Waals surface area contributed by atoms with E-state index in [9.17, 15) is 4.79 Å². The van der Waals surface area contributed by atoms with Gasteiger partial charge in [-0.15, -0.1) is 0 Å². The van der Waals surface area contributed by atoms with E-state index in [1.807, 2.05) is 24.9 Å². The summed E-state index contributed by atoms with van der Waals surface area (Å²) in [5.74, 6) is 0.923. The second-order valence-electron chi connectivity index (χ2n) is 4.93. The van der Waals surface area contributed by atoms with E-state index in [4.69, 9.17) is 5.73 Å². The number of hydrogen-bond donors (Lipinski definition) is 1. The van der Waals surface area contributed by atoms with Crippen molar-refractivity contribution in [3.63, 3.8) is 0 Å². The summed E-state index contributed by atoms with van der Waals surface area (Å²) in [5, 5.41) is 0. The number of aromatic nitrogens is 2. The van der Waals surface area contributed by atoms with Gasteiger partial charge in [0.15, 0.2) is 0 Å². The van der Waals surface area contributed by atoms with E-state index in [1.54, 1.807) is 0 Å². The van der Waals surface area contributed by atoms with Crippen LogP contribution in [-0.4, -0.2) is 42.7 Å². The van der Waals surface area contributed by atoms with Crippen LogP contribution >= 0.6 is 0 Å². The van der Waals surface area contributed by atoms with E-state index in [2.05, 4.69) is 14.7 Å². The maximum absolute atomic E-state index is 11.5. The number of rotatable bonds is 5. The Balaban J connectivity index is 2.27. The number of carbonyl (C=O) groups is 1. The first-order chi connectivity index (χ1) is 9.06. The van der Waals surface area contributed by atoms with Crippen molar-refractivity contribution in [3.8, 4) is 0 Å². The minimum Gasteiger partial charge on any atom is -0.463 e. The topological polar surface area (TPSA) is 81.3 Å². The molecule has 2 N–H and O–H groups in total. The molecule has 1 saturated carbocycles. The molecule has 1 fully saturated rings. The summed E-state index contributed by atoms with van der Waals surface area (Å²) in [6.07, 6.45) is 2.42. The molecule has 1 aromatic rings. The predicted molar refractivity (Wildman–Crippen MR) is 72.1 cm³/mol. The minimum atomic E-state index is -0.519. The summed E-state index contributed by atoms with van der Waals surface area (Å²) in [7, 11) is 3.28. The average Bonchev–Trinajstić information content (AvgIpc) is 3.22. The molecular formula is C13H20N4O2. The van der Waals surface area contributed by atoms with E-state index in [-0.39, 0.29) is 11.9 Å². The molecule has 19 heavy (non-hydrogen) atoms. The number of esters is 1. The Morgan fingerprint density at radius 3 is 2.79 bits per heavy atom. The van der Waals surface area contributed by atoms with Gasteiger partial charge in [0.05, 0.1) is 7.11 Å². The lowest BCUT2D eigenvalue weighted by Crippen LogP contribution is -2.40. The van der Waals surface area contributed by atoms with Gasteiger partial charge in [-0.2, -0.15) is 0 Å². The lowest BCUT2D eigenvalue weighted by atomic mass is 10.1. The first-order valence-electron chi connectivity index (χ1n) is 6.43. The number of carbonyl (C=O) groups excluding carboxylic acids is 1. The lowest BCUT2D eigenvalue weighted by molar-refractivity contribution is 0.0586. The first-order valence-corrected chi connectivity index (χ1v) is 6.43. The maximum atomic E-state index is 11.5. The van der Waals surface area contributed by atoms with Crippen LogP contribution in [0.25, 0.3) is 0 Å². The van der Waals surface area contributed by atoms with Gasteiger partial charge in [0.25, 0.3) is 0 Å². The zero-order valence-electron chi connectivity index (χ0n) is 11.6. The van der Waals surface area contributed by atoms with Crippen molar-refractivity contribution in [1.82, 2.24) is 9.97 Å². The Labute approximate surface area is 113 Å². The van der Waals surface area contributed by atoms with Crippen LogP contribution in [0.4, 0.5) is 5.82 Å². The lowest BCUT2D eigenvalue weighted by Gasteiger charge is -2.28. The van der Waals surface area contributed by atoms with Crippen molar-refractivity contribution >= 4 is 11.8 Å². The molecule has 0 saturated heterocycles. The second kappa shape index (κ2) is 5.52. The van der Waals surface area contributed by atoms with Crippen LogP contribution in [0.3, 0.4) is 0 Å². The fourth-order valence-corrected chi connectivity index (χ4v) is 2.23. The SMILES string of the molecule is COC(=O)c1nc(C)cc(N(C)C(CN)C2CC2)n1. The highest BCUT2D eigenvalue weighted by atomic mass is 16.5. The third-order valence-electron chi connectivity index (χ3n) is 3.48. The molecule has 104 valence electrons.